The zero-order valence-electron chi connectivity index (χ0n) is 23.2. The van der Waals surface area contributed by atoms with Gasteiger partial charge in [0.25, 0.3) is 0 Å². The molecule has 0 spiro atoms. The maximum Gasteiger partial charge on any atom is 0.394 e. The molecule has 0 aromatic carbocycles. The summed E-state index contributed by atoms with van der Waals surface area (Å²) in [6, 6.07) is 4.06. The summed E-state index contributed by atoms with van der Waals surface area (Å²) < 4.78 is 47.8. The fourth-order valence-corrected chi connectivity index (χ4v) is 5.80. The van der Waals surface area contributed by atoms with Crippen molar-refractivity contribution in [2.75, 3.05) is 6.61 Å². The molecule has 6 aliphatic rings. The quantitative estimate of drug-likeness (QED) is 0.134. The molecular weight excluding hydrogens is 549 g/mol. The lowest BCUT2D eigenvalue weighted by atomic mass is 9.71. The summed E-state index contributed by atoms with van der Waals surface area (Å²) in [4.78, 5) is 5.49. The summed E-state index contributed by atoms with van der Waals surface area (Å²) in [5, 5.41) is 19.3. The van der Waals surface area contributed by atoms with Gasteiger partial charge in [0.2, 0.25) is 5.90 Å². The Hall–Kier alpha value is -3.21. The van der Waals surface area contributed by atoms with Crippen LogP contribution in [0.5, 0.6) is 0 Å². The van der Waals surface area contributed by atoms with Crippen molar-refractivity contribution in [3.05, 3.63) is 72.0 Å². The molecule has 1 aromatic heterocycles. The zero-order chi connectivity index (χ0) is 29.5. The number of rotatable bonds is 7. The van der Waals surface area contributed by atoms with E-state index in [1.165, 1.54) is 37.3 Å². The highest BCUT2D eigenvalue weighted by Gasteiger charge is 2.62. The minimum atomic E-state index is -4.22. The molecule has 41 heavy (non-hydrogen) atoms. The summed E-state index contributed by atoms with van der Waals surface area (Å²) in [7, 11) is 0. The van der Waals surface area contributed by atoms with Crippen molar-refractivity contribution in [3.63, 3.8) is 0 Å². The van der Waals surface area contributed by atoms with Crippen molar-refractivity contribution in [2.24, 2.45) is 23.0 Å². The first kappa shape index (κ1) is 30.7. The summed E-state index contributed by atoms with van der Waals surface area (Å²) in [5.74, 6) is 0.601. The molecule has 7 nitrogen and oxygen atoms in total. The van der Waals surface area contributed by atoms with Gasteiger partial charge in [-0.2, -0.15) is 13.2 Å². The normalized spacial score (nSPS) is 25.7. The average molecular weight is 589 g/mol. The van der Waals surface area contributed by atoms with Gasteiger partial charge in [0.1, 0.15) is 5.84 Å². The van der Waals surface area contributed by atoms with Crippen molar-refractivity contribution >= 4 is 23.7 Å². The molecule has 4 aliphatic heterocycles. The van der Waals surface area contributed by atoms with Crippen molar-refractivity contribution in [3.8, 4) is 0 Å². The molecule has 0 atom stereocenters. The molecule has 0 amide bonds. The number of hydrogen-bond acceptors (Lipinski definition) is 7. The van der Waals surface area contributed by atoms with Gasteiger partial charge < -0.3 is 20.5 Å². The van der Waals surface area contributed by atoms with Gasteiger partial charge in [-0.05, 0) is 93.0 Å². The number of ether oxygens (including phenoxy) is 1. The Kier molecular flexibility index (Phi) is 10.2. The number of allylic oxidation sites excluding steroid dienone is 3. The largest absolute Gasteiger partial charge is 0.478 e. The van der Waals surface area contributed by atoms with E-state index in [2.05, 4.69) is 21.6 Å². The molecule has 0 radical (unpaired) electrons. The topological polar surface area (TPSA) is 120 Å². The first-order chi connectivity index (χ1) is 19.6. The van der Waals surface area contributed by atoms with Gasteiger partial charge in [0.15, 0.2) is 0 Å². The Balaban J connectivity index is 1.41. The Morgan fingerprint density at radius 2 is 2.00 bits per heavy atom. The van der Waals surface area contributed by atoms with E-state index in [9.17, 15) is 13.2 Å². The van der Waals surface area contributed by atoms with Crippen LogP contribution in [0.15, 0.2) is 71.2 Å². The van der Waals surface area contributed by atoms with E-state index in [0.29, 0.717) is 17.2 Å². The molecule has 222 valence electrons. The van der Waals surface area contributed by atoms with Crippen LogP contribution >= 0.6 is 11.9 Å². The molecule has 2 saturated carbocycles. The highest BCUT2D eigenvalue weighted by atomic mass is 32.2. The van der Waals surface area contributed by atoms with Crippen LogP contribution in [0.4, 0.5) is 13.2 Å². The number of alkyl halides is 3. The third-order valence-electron chi connectivity index (χ3n) is 8.13. The van der Waals surface area contributed by atoms with E-state index < -0.39 is 11.6 Å². The average Bonchev–Trinajstić information content (AvgIpc) is 3.69. The van der Waals surface area contributed by atoms with Crippen molar-refractivity contribution < 1.29 is 17.9 Å². The summed E-state index contributed by atoms with van der Waals surface area (Å²) >= 11 is 1.35. The monoisotopic (exact) mass is 588 g/mol. The van der Waals surface area contributed by atoms with Crippen LogP contribution in [0.25, 0.3) is 0 Å². The van der Waals surface area contributed by atoms with E-state index in [4.69, 9.17) is 21.3 Å². The van der Waals surface area contributed by atoms with Crippen molar-refractivity contribution in [2.45, 2.75) is 75.3 Å². The molecule has 0 unspecified atom stereocenters. The van der Waals surface area contributed by atoms with Crippen LogP contribution in [0.2, 0.25) is 0 Å². The van der Waals surface area contributed by atoms with Crippen LogP contribution in [0, 0.1) is 28.1 Å². The third kappa shape index (κ3) is 8.64. The highest BCUT2D eigenvalue weighted by molar-refractivity contribution is 7.97. The SMILES string of the molecule is C=C1NSc2ccc(nc2)CCCCCC2CC(C2)/C(N/C=C\C(=N)OCCC2(C(F)(F)F)CC2)=C\C=C\1C(=N)N. The van der Waals surface area contributed by atoms with Gasteiger partial charge in [-0.25, -0.2) is 0 Å². The molecule has 1 aromatic rings. The van der Waals surface area contributed by atoms with E-state index in [0.717, 1.165) is 42.0 Å². The lowest BCUT2D eigenvalue weighted by Gasteiger charge is -2.37. The Labute approximate surface area is 244 Å². The first-order valence-electron chi connectivity index (χ1n) is 14.1. The maximum absolute atomic E-state index is 13.1. The Bertz CT molecular complexity index is 1200. The standard InChI is InChI=1S/C30H39F3N6OS/c1-20-25(28(35)36)9-10-26(37-15-11-27(34)40-16-14-29(12-13-29)30(31,32)33)22-17-21(18-22)5-3-2-4-6-23-7-8-24(19-38-23)41-39-20/h7-11,15,19,21-22,34,37,39H,1-6,12-14,16-18H2,(H3,35,36)/b15-11-,25-9-,26-10+,34-27?. The number of pyridine rings is 1. The number of amidine groups is 1. The third-order valence-corrected chi connectivity index (χ3v) is 8.96. The number of nitrogens with zero attached hydrogens (tertiary/aromatic N) is 1. The van der Waals surface area contributed by atoms with Crippen LogP contribution in [-0.2, 0) is 11.2 Å². The molecule has 6 N–H and O–H groups in total. The number of aryl methyl sites for hydroxylation is 1. The van der Waals surface area contributed by atoms with Crippen molar-refractivity contribution in [1.82, 2.24) is 15.0 Å². The van der Waals surface area contributed by atoms with E-state index in [1.807, 2.05) is 24.4 Å². The molecular formula is C30H39F3N6OS. The lowest BCUT2D eigenvalue weighted by molar-refractivity contribution is -0.190. The number of halogens is 3. The molecule has 5 heterocycles. The Morgan fingerprint density at radius 1 is 1.22 bits per heavy atom. The van der Waals surface area contributed by atoms with Crippen LogP contribution in [-0.4, -0.2) is 29.5 Å². The molecule has 0 saturated heterocycles. The minimum Gasteiger partial charge on any atom is -0.478 e. The van der Waals surface area contributed by atoms with Crippen LogP contribution < -0.4 is 15.8 Å². The zero-order valence-corrected chi connectivity index (χ0v) is 24.0. The number of nitrogens with two attached hydrogens (primary N) is 1. The van der Waals surface area contributed by atoms with Gasteiger partial charge in [-0.3, -0.25) is 15.8 Å². The van der Waals surface area contributed by atoms with E-state index >= 15 is 0 Å². The second-order valence-corrected chi connectivity index (χ2v) is 12.0. The number of nitrogens with one attached hydrogen (secondary N) is 4. The molecule has 4 bridgehead atoms. The second-order valence-electron chi connectivity index (χ2n) is 11.1. The van der Waals surface area contributed by atoms with Gasteiger partial charge in [-0.15, -0.1) is 0 Å². The van der Waals surface area contributed by atoms with E-state index in [1.54, 1.807) is 12.3 Å². The summed E-state index contributed by atoms with van der Waals surface area (Å²) in [5.41, 5.74) is 7.18. The molecule has 2 aliphatic carbocycles. The predicted octanol–water partition coefficient (Wildman–Crippen LogP) is 6.91. The van der Waals surface area contributed by atoms with E-state index in [-0.39, 0.29) is 43.5 Å². The van der Waals surface area contributed by atoms with Crippen LogP contribution in [0.3, 0.4) is 0 Å². The number of aromatic nitrogens is 1. The summed E-state index contributed by atoms with van der Waals surface area (Å²) in [6.07, 6.45) is 12.0. The molecule has 7 rings (SSSR count). The van der Waals surface area contributed by atoms with Gasteiger partial charge in [-0.1, -0.05) is 25.8 Å². The summed E-state index contributed by atoms with van der Waals surface area (Å²) in [6.45, 7) is 3.91. The predicted molar refractivity (Wildman–Crippen MR) is 157 cm³/mol. The minimum absolute atomic E-state index is 0.123. The number of hydrogen-bond donors (Lipinski definition) is 5. The first-order valence-corrected chi connectivity index (χ1v) is 14.9. The van der Waals surface area contributed by atoms with Gasteiger partial charge in [0.05, 0.1) is 12.0 Å². The lowest BCUT2D eigenvalue weighted by Crippen LogP contribution is -2.30. The fourth-order valence-electron chi connectivity index (χ4n) is 5.21. The second kappa shape index (κ2) is 13.6. The van der Waals surface area contributed by atoms with Gasteiger partial charge >= 0.3 is 6.18 Å². The van der Waals surface area contributed by atoms with Crippen molar-refractivity contribution in [1.29, 1.82) is 10.8 Å². The van der Waals surface area contributed by atoms with Crippen LogP contribution in [0.1, 0.15) is 63.5 Å². The highest BCUT2D eigenvalue weighted by Crippen LogP contribution is 2.59. The fraction of sp³-hybridized carbons (Fsp3) is 0.500. The maximum atomic E-state index is 13.1. The smallest absolute Gasteiger partial charge is 0.394 e. The Morgan fingerprint density at radius 3 is 2.66 bits per heavy atom. The van der Waals surface area contributed by atoms with Gasteiger partial charge in [0, 0.05) is 46.0 Å². The molecule has 2 fully saturated rings. The molecule has 11 heteroatoms.